The molecule has 0 aliphatic carbocycles. The quantitative estimate of drug-likeness (QED) is 0.522. The van der Waals surface area contributed by atoms with Crippen LogP contribution >= 0.6 is 0 Å². The van der Waals surface area contributed by atoms with E-state index in [-0.39, 0.29) is 0 Å². The van der Waals surface area contributed by atoms with Crippen LogP contribution in [-0.2, 0) is 4.84 Å². The van der Waals surface area contributed by atoms with E-state index in [4.69, 9.17) is 10.7 Å². The van der Waals surface area contributed by atoms with Crippen LogP contribution in [0.15, 0.2) is 0 Å². The fourth-order valence-corrected chi connectivity index (χ4v) is 2.06. The summed E-state index contributed by atoms with van der Waals surface area (Å²) in [6, 6.07) is 0. The molecular weight excluding hydrogens is 128 g/mol. The molecule has 0 aromatic rings. The second kappa shape index (κ2) is 2.49. The first kappa shape index (κ1) is 6.58. The molecule has 10 heavy (non-hydrogen) atoms. The normalized spacial score (nSPS) is 45.9. The number of hydrogen-bond donors (Lipinski definition) is 1. The molecule has 3 heteroatoms. The van der Waals surface area contributed by atoms with Gasteiger partial charge in [-0.05, 0) is 31.8 Å². The van der Waals surface area contributed by atoms with Gasteiger partial charge < -0.3 is 4.90 Å². The van der Waals surface area contributed by atoms with E-state index in [9.17, 15) is 0 Å². The van der Waals surface area contributed by atoms with Crippen LogP contribution in [0.3, 0.4) is 0 Å². The first-order chi connectivity index (χ1) is 4.90. The summed E-state index contributed by atoms with van der Waals surface area (Å²) in [6.07, 6.45) is 2.88. The Morgan fingerprint density at radius 1 is 1.30 bits per heavy atom. The molecule has 2 bridgehead atoms. The Balaban J connectivity index is 2.01. The average Bonchev–Trinajstić information content (AvgIpc) is 2.06. The van der Waals surface area contributed by atoms with Crippen LogP contribution in [-0.4, -0.2) is 30.6 Å². The van der Waals surface area contributed by atoms with Crippen molar-refractivity contribution in [3.05, 3.63) is 0 Å². The van der Waals surface area contributed by atoms with Crippen LogP contribution in [0.1, 0.15) is 12.8 Å². The standard InChI is InChI=1S/C7H14N2O/c8-10-7-5-9-3-1-6(7)2-4-9/h6-7H,1-5,8H2. The minimum Gasteiger partial charge on any atom is -0.301 e. The minimum absolute atomic E-state index is 0.322. The van der Waals surface area contributed by atoms with E-state index in [0.717, 1.165) is 12.5 Å². The Morgan fingerprint density at radius 3 is 2.30 bits per heavy atom. The number of nitrogens with zero attached hydrogens (tertiary/aromatic N) is 1. The van der Waals surface area contributed by atoms with Gasteiger partial charge >= 0.3 is 0 Å². The largest absolute Gasteiger partial charge is 0.301 e. The molecule has 3 aliphatic heterocycles. The molecule has 3 aliphatic rings. The van der Waals surface area contributed by atoms with Crippen LogP contribution in [0.5, 0.6) is 0 Å². The number of hydrogen-bond acceptors (Lipinski definition) is 3. The summed E-state index contributed by atoms with van der Waals surface area (Å²) in [5.74, 6) is 5.91. The molecule has 3 saturated heterocycles. The van der Waals surface area contributed by atoms with Crippen molar-refractivity contribution in [3.8, 4) is 0 Å². The lowest BCUT2D eigenvalue weighted by atomic mass is 9.86. The van der Waals surface area contributed by atoms with Gasteiger partial charge in [0.2, 0.25) is 0 Å². The van der Waals surface area contributed by atoms with Gasteiger partial charge in [0.1, 0.15) is 0 Å². The molecule has 0 radical (unpaired) electrons. The molecule has 3 heterocycles. The third-order valence-electron chi connectivity index (χ3n) is 2.77. The fraction of sp³-hybridized carbons (Fsp3) is 1.00. The Kier molecular flexibility index (Phi) is 1.64. The summed E-state index contributed by atoms with van der Waals surface area (Å²) in [5, 5.41) is 0. The molecule has 0 amide bonds. The van der Waals surface area contributed by atoms with E-state index < -0.39 is 0 Å². The minimum atomic E-state index is 0.322. The number of fused-ring (bicyclic) bond motifs is 3. The van der Waals surface area contributed by atoms with Gasteiger partial charge in [-0.3, -0.25) is 4.84 Å². The molecule has 3 fully saturated rings. The third kappa shape index (κ3) is 0.944. The molecule has 3 rings (SSSR count). The lowest BCUT2D eigenvalue weighted by molar-refractivity contribution is -0.0710. The maximum atomic E-state index is 5.16. The predicted octanol–water partition coefficient (Wildman–Crippen LogP) is -0.0291. The van der Waals surface area contributed by atoms with Crippen molar-refractivity contribution in [2.45, 2.75) is 18.9 Å². The topological polar surface area (TPSA) is 38.5 Å². The highest BCUT2D eigenvalue weighted by atomic mass is 16.6. The maximum absolute atomic E-state index is 5.16. The highest BCUT2D eigenvalue weighted by Gasteiger charge is 2.34. The van der Waals surface area contributed by atoms with E-state index in [1.807, 2.05) is 0 Å². The van der Waals surface area contributed by atoms with Crippen molar-refractivity contribution >= 4 is 0 Å². The molecule has 0 saturated carbocycles. The van der Waals surface area contributed by atoms with E-state index in [1.54, 1.807) is 0 Å². The van der Waals surface area contributed by atoms with E-state index in [1.165, 1.54) is 25.9 Å². The van der Waals surface area contributed by atoms with Crippen molar-refractivity contribution in [2.75, 3.05) is 19.6 Å². The number of rotatable bonds is 1. The first-order valence-corrected chi connectivity index (χ1v) is 3.98. The third-order valence-corrected chi connectivity index (χ3v) is 2.77. The van der Waals surface area contributed by atoms with Gasteiger partial charge in [-0.15, -0.1) is 0 Å². The zero-order chi connectivity index (χ0) is 6.97. The Hall–Kier alpha value is -0.120. The van der Waals surface area contributed by atoms with Gasteiger partial charge in [0.15, 0.2) is 0 Å². The molecule has 0 spiro atoms. The summed E-state index contributed by atoms with van der Waals surface area (Å²) >= 11 is 0. The second-order valence-corrected chi connectivity index (χ2v) is 3.31. The van der Waals surface area contributed by atoms with E-state index in [2.05, 4.69) is 4.90 Å². The molecule has 3 nitrogen and oxygen atoms in total. The van der Waals surface area contributed by atoms with Crippen molar-refractivity contribution in [2.24, 2.45) is 11.8 Å². The van der Waals surface area contributed by atoms with Crippen molar-refractivity contribution in [3.63, 3.8) is 0 Å². The highest BCUT2D eigenvalue weighted by molar-refractivity contribution is 4.86. The molecule has 1 unspecified atom stereocenters. The van der Waals surface area contributed by atoms with Gasteiger partial charge in [-0.25, -0.2) is 5.90 Å². The summed E-state index contributed by atoms with van der Waals surface area (Å²) in [4.78, 5) is 7.31. The summed E-state index contributed by atoms with van der Waals surface area (Å²) < 4.78 is 0. The lowest BCUT2D eigenvalue weighted by Crippen LogP contribution is -2.52. The van der Waals surface area contributed by atoms with Crippen LogP contribution in [0.2, 0.25) is 0 Å². The molecule has 0 aromatic carbocycles. The van der Waals surface area contributed by atoms with Crippen LogP contribution in [0.4, 0.5) is 0 Å². The summed E-state index contributed by atoms with van der Waals surface area (Å²) in [7, 11) is 0. The summed E-state index contributed by atoms with van der Waals surface area (Å²) in [5.41, 5.74) is 0. The Bertz CT molecular complexity index is 121. The zero-order valence-electron chi connectivity index (χ0n) is 6.12. The Labute approximate surface area is 61.1 Å². The van der Waals surface area contributed by atoms with Gasteiger partial charge in [-0.2, -0.15) is 0 Å². The molecule has 58 valence electrons. The smallest absolute Gasteiger partial charge is 0.0942 e. The van der Waals surface area contributed by atoms with Crippen molar-refractivity contribution in [1.82, 2.24) is 4.90 Å². The number of piperidine rings is 3. The monoisotopic (exact) mass is 142 g/mol. The maximum Gasteiger partial charge on any atom is 0.0942 e. The van der Waals surface area contributed by atoms with Crippen LogP contribution < -0.4 is 5.90 Å². The van der Waals surface area contributed by atoms with Gasteiger partial charge in [0.25, 0.3) is 0 Å². The zero-order valence-corrected chi connectivity index (χ0v) is 6.12. The molecule has 0 aromatic heterocycles. The fourth-order valence-electron chi connectivity index (χ4n) is 2.06. The van der Waals surface area contributed by atoms with Crippen LogP contribution in [0, 0.1) is 5.92 Å². The van der Waals surface area contributed by atoms with Crippen molar-refractivity contribution < 1.29 is 4.84 Å². The van der Waals surface area contributed by atoms with Gasteiger partial charge in [0.05, 0.1) is 6.10 Å². The van der Waals surface area contributed by atoms with E-state index >= 15 is 0 Å². The first-order valence-electron chi connectivity index (χ1n) is 3.98. The van der Waals surface area contributed by atoms with Crippen molar-refractivity contribution in [1.29, 1.82) is 0 Å². The van der Waals surface area contributed by atoms with Gasteiger partial charge in [-0.1, -0.05) is 0 Å². The lowest BCUT2D eigenvalue weighted by Gasteiger charge is -2.43. The SMILES string of the molecule is NOC1CN2CCC1CC2. The number of nitrogens with two attached hydrogens (primary N) is 1. The predicted molar refractivity (Wildman–Crippen MR) is 38.2 cm³/mol. The Morgan fingerprint density at radius 2 is 2.00 bits per heavy atom. The second-order valence-electron chi connectivity index (χ2n) is 3.31. The van der Waals surface area contributed by atoms with Gasteiger partial charge in [0, 0.05) is 6.54 Å². The summed E-state index contributed by atoms with van der Waals surface area (Å²) in [6.45, 7) is 3.57. The average molecular weight is 142 g/mol. The van der Waals surface area contributed by atoms with E-state index in [0.29, 0.717) is 6.10 Å². The molecular formula is C7H14N2O. The molecule has 2 N–H and O–H groups in total. The molecule has 1 atom stereocenters. The highest BCUT2D eigenvalue weighted by Crippen LogP contribution is 2.28. The van der Waals surface area contributed by atoms with Crippen LogP contribution in [0.25, 0.3) is 0 Å².